The van der Waals surface area contributed by atoms with Crippen molar-refractivity contribution in [1.29, 1.82) is 0 Å². The summed E-state index contributed by atoms with van der Waals surface area (Å²) in [7, 11) is 0. The Morgan fingerprint density at radius 2 is 1.95 bits per heavy atom. The van der Waals surface area contributed by atoms with Crippen molar-refractivity contribution < 1.29 is 18.3 Å². The Labute approximate surface area is 117 Å². The van der Waals surface area contributed by atoms with Crippen LogP contribution in [0.4, 0.5) is 18.9 Å². The van der Waals surface area contributed by atoms with Crippen LogP contribution in [0.5, 0.6) is 0 Å². The quantitative estimate of drug-likeness (QED) is 0.897. The van der Waals surface area contributed by atoms with E-state index in [1.165, 1.54) is 6.07 Å². The number of alkyl halides is 3. The molecule has 5 heteroatoms. The van der Waals surface area contributed by atoms with Gasteiger partial charge in [-0.05, 0) is 36.0 Å². The number of anilines is 1. The summed E-state index contributed by atoms with van der Waals surface area (Å²) in [5.41, 5.74) is -0.211. The molecular formula is C15H20F3NO. The van der Waals surface area contributed by atoms with Gasteiger partial charge in [0.2, 0.25) is 0 Å². The van der Waals surface area contributed by atoms with Crippen LogP contribution in [-0.2, 0) is 12.8 Å². The minimum atomic E-state index is -4.43. The number of nitrogens with zero attached hydrogens (tertiary/aromatic N) is 1. The van der Waals surface area contributed by atoms with E-state index < -0.39 is 18.3 Å². The normalized spacial score (nSPS) is 24.0. The minimum absolute atomic E-state index is 0.0697. The first-order chi connectivity index (χ1) is 9.32. The van der Waals surface area contributed by atoms with E-state index in [0.29, 0.717) is 17.5 Å². The fraction of sp³-hybridized carbons (Fsp3) is 0.600. The molecule has 0 saturated carbocycles. The van der Waals surface area contributed by atoms with Crippen LogP contribution in [0.2, 0.25) is 0 Å². The van der Waals surface area contributed by atoms with Crippen molar-refractivity contribution >= 4 is 5.69 Å². The molecule has 1 aromatic carbocycles. The molecule has 1 heterocycles. The number of aliphatic hydroxyl groups excluding tert-OH is 1. The Hall–Kier alpha value is -1.23. The molecule has 2 nitrogen and oxygen atoms in total. The summed E-state index contributed by atoms with van der Waals surface area (Å²) in [6.07, 6.45) is -3.44. The van der Waals surface area contributed by atoms with Crippen LogP contribution in [0, 0.1) is 11.8 Å². The van der Waals surface area contributed by atoms with Crippen LogP contribution >= 0.6 is 0 Å². The summed E-state index contributed by atoms with van der Waals surface area (Å²) >= 11 is 0. The number of aliphatic hydroxyl groups is 1. The van der Waals surface area contributed by atoms with E-state index in [1.54, 1.807) is 6.07 Å². The van der Waals surface area contributed by atoms with E-state index >= 15 is 0 Å². The highest BCUT2D eigenvalue weighted by molar-refractivity contribution is 5.52. The minimum Gasteiger partial charge on any atom is -0.392 e. The number of rotatable bonds is 2. The van der Waals surface area contributed by atoms with E-state index in [-0.39, 0.29) is 5.56 Å². The van der Waals surface area contributed by atoms with Crippen molar-refractivity contribution in [2.75, 3.05) is 18.0 Å². The summed E-state index contributed by atoms with van der Waals surface area (Å²) in [6, 6.07) is 4.21. The molecule has 0 aliphatic carbocycles. The average molecular weight is 287 g/mol. The first-order valence-corrected chi connectivity index (χ1v) is 6.89. The molecule has 1 aliphatic rings. The monoisotopic (exact) mass is 287 g/mol. The summed E-state index contributed by atoms with van der Waals surface area (Å²) in [6.45, 7) is 5.27. The van der Waals surface area contributed by atoms with E-state index in [1.807, 2.05) is 4.90 Å². The van der Waals surface area contributed by atoms with Crippen LogP contribution < -0.4 is 4.90 Å². The molecule has 1 fully saturated rings. The average Bonchev–Trinajstić information content (AvgIpc) is 2.40. The molecule has 1 aliphatic heterocycles. The largest absolute Gasteiger partial charge is 0.416 e. The maximum absolute atomic E-state index is 13.0. The van der Waals surface area contributed by atoms with Crippen molar-refractivity contribution in [2.45, 2.75) is 33.1 Å². The Morgan fingerprint density at radius 3 is 2.50 bits per heavy atom. The second kappa shape index (κ2) is 5.64. The molecule has 20 heavy (non-hydrogen) atoms. The second-order valence-electron chi connectivity index (χ2n) is 5.69. The van der Waals surface area contributed by atoms with Crippen LogP contribution in [0.25, 0.3) is 0 Å². The number of benzene rings is 1. The lowest BCUT2D eigenvalue weighted by Gasteiger charge is -2.37. The third-order valence-corrected chi connectivity index (χ3v) is 4.27. The van der Waals surface area contributed by atoms with Gasteiger partial charge in [0.05, 0.1) is 12.2 Å². The van der Waals surface area contributed by atoms with E-state index in [0.717, 1.165) is 25.6 Å². The van der Waals surface area contributed by atoms with Gasteiger partial charge in [0.1, 0.15) is 0 Å². The number of halogens is 3. The Kier molecular flexibility index (Phi) is 4.28. The lowest BCUT2D eigenvalue weighted by atomic mass is 9.88. The van der Waals surface area contributed by atoms with Crippen LogP contribution in [0.3, 0.4) is 0 Å². The van der Waals surface area contributed by atoms with Crippen molar-refractivity contribution in [2.24, 2.45) is 11.8 Å². The molecular weight excluding hydrogens is 267 g/mol. The molecule has 0 aromatic heterocycles. The molecule has 0 spiro atoms. The van der Waals surface area contributed by atoms with E-state index in [2.05, 4.69) is 13.8 Å². The molecule has 0 radical (unpaired) electrons. The summed E-state index contributed by atoms with van der Waals surface area (Å²) in [4.78, 5) is 2.00. The lowest BCUT2D eigenvalue weighted by Crippen LogP contribution is -2.38. The lowest BCUT2D eigenvalue weighted by molar-refractivity contribution is -0.138. The standard InChI is InChI=1S/C15H20F3NO/c1-10-5-6-19(8-11(10)2)13-4-3-12(9-20)14(7-13)15(16,17)18/h3-4,7,10-11,20H,5-6,8-9H2,1-2H3. The zero-order valence-electron chi connectivity index (χ0n) is 11.7. The molecule has 2 atom stereocenters. The summed E-state index contributed by atoms with van der Waals surface area (Å²) < 4.78 is 39.0. The smallest absolute Gasteiger partial charge is 0.392 e. The molecule has 1 N–H and O–H groups in total. The van der Waals surface area contributed by atoms with Gasteiger partial charge in [-0.2, -0.15) is 13.2 Å². The third-order valence-electron chi connectivity index (χ3n) is 4.27. The predicted octanol–water partition coefficient (Wildman–Crippen LogP) is 3.68. The van der Waals surface area contributed by atoms with Crippen LogP contribution in [-0.4, -0.2) is 18.2 Å². The van der Waals surface area contributed by atoms with Gasteiger partial charge in [0.25, 0.3) is 0 Å². The zero-order valence-corrected chi connectivity index (χ0v) is 11.7. The highest BCUT2D eigenvalue weighted by Crippen LogP contribution is 2.36. The van der Waals surface area contributed by atoms with Gasteiger partial charge in [-0.3, -0.25) is 0 Å². The maximum atomic E-state index is 13.0. The van der Waals surface area contributed by atoms with Crippen molar-refractivity contribution in [3.05, 3.63) is 29.3 Å². The van der Waals surface area contributed by atoms with Gasteiger partial charge in [0, 0.05) is 18.8 Å². The molecule has 0 amide bonds. The second-order valence-corrected chi connectivity index (χ2v) is 5.69. The fourth-order valence-corrected chi connectivity index (χ4v) is 2.66. The fourth-order valence-electron chi connectivity index (χ4n) is 2.66. The zero-order chi connectivity index (χ0) is 14.9. The number of hydrogen-bond acceptors (Lipinski definition) is 2. The van der Waals surface area contributed by atoms with Gasteiger partial charge >= 0.3 is 6.18 Å². The Morgan fingerprint density at radius 1 is 1.25 bits per heavy atom. The van der Waals surface area contributed by atoms with Gasteiger partial charge in [0.15, 0.2) is 0 Å². The van der Waals surface area contributed by atoms with Gasteiger partial charge < -0.3 is 10.0 Å². The van der Waals surface area contributed by atoms with Gasteiger partial charge in [-0.15, -0.1) is 0 Å². The first kappa shape index (κ1) is 15.2. The van der Waals surface area contributed by atoms with Crippen molar-refractivity contribution in [3.63, 3.8) is 0 Å². The predicted molar refractivity (Wildman–Crippen MR) is 72.5 cm³/mol. The Balaban J connectivity index is 2.30. The van der Waals surface area contributed by atoms with E-state index in [4.69, 9.17) is 5.11 Å². The van der Waals surface area contributed by atoms with Crippen LogP contribution in [0.1, 0.15) is 31.4 Å². The Bertz CT molecular complexity index is 473. The highest BCUT2D eigenvalue weighted by Gasteiger charge is 2.34. The van der Waals surface area contributed by atoms with Crippen LogP contribution in [0.15, 0.2) is 18.2 Å². The topological polar surface area (TPSA) is 23.5 Å². The van der Waals surface area contributed by atoms with Gasteiger partial charge in [-0.25, -0.2) is 0 Å². The number of piperidine rings is 1. The maximum Gasteiger partial charge on any atom is 0.416 e. The van der Waals surface area contributed by atoms with Crippen molar-refractivity contribution in [1.82, 2.24) is 0 Å². The highest BCUT2D eigenvalue weighted by atomic mass is 19.4. The molecule has 1 aromatic rings. The van der Waals surface area contributed by atoms with Crippen molar-refractivity contribution in [3.8, 4) is 0 Å². The molecule has 1 saturated heterocycles. The molecule has 2 rings (SSSR count). The summed E-state index contributed by atoms with van der Waals surface area (Å²) in [5, 5.41) is 9.05. The SMILES string of the molecule is CC1CCN(c2ccc(CO)c(C(F)(F)F)c2)CC1C. The molecule has 2 unspecified atom stereocenters. The van der Waals surface area contributed by atoms with E-state index in [9.17, 15) is 13.2 Å². The first-order valence-electron chi connectivity index (χ1n) is 6.89. The molecule has 112 valence electrons. The molecule has 0 bridgehead atoms. The summed E-state index contributed by atoms with van der Waals surface area (Å²) in [5.74, 6) is 1.07. The number of hydrogen-bond donors (Lipinski definition) is 1. The third kappa shape index (κ3) is 3.08. The van der Waals surface area contributed by atoms with Gasteiger partial charge in [-0.1, -0.05) is 19.9 Å².